The quantitative estimate of drug-likeness (QED) is 0.926. The Morgan fingerprint density at radius 1 is 1.10 bits per heavy atom. The van der Waals surface area contributed by atoms with Crippen molar-refractivity contribution in [2.45, 2.75) is 12.8 Å². The summed E-state index contributed by atoms with van der Waals surface area (Å²) in [5.41, 5.74) is 1.73. The van der Waals surface area contributed by atoms with E-state index in [1.165, 1.54) is 4.90 Å². The van der Waals surface area contributed by atoms with Crippen molar-refractivity contribution in [2.24, 2.45) is 0 Å². The second-order valence-corrected chi connectivity index (χ2v) is 4.77. The molecule has 0 aliphatic carbocycles. The van der Waals surface area contributed by atoms with Crippen LogP contribution in [-0.4, -0.2) is 28.5 Å². The van der Waals surface area contributed by atoms with Crippen LogP contribution in [0, 0.1) is 0 Å². The molecule has 1 saturated heterocycles. The number of hydrogen-bond acceptors (Lipinski definition) is 4. The molecule has 1 aromatic carbocycles. The Labute approximate surface area is 121 Å². The third-order valence-electron chi connectivity index (χ3n) is 3.26. The Balaban J connectivity index is 1.72. The van der Waals surface area contributed by atoms with E-state index in [2.05, 4.69) is 15.3 Å². The first kappa shape index (κ1) is 13.2. The Hall–Kier alpha value is -2.76. The third-order valence-corrected chi connectivity index (χ3v) is 3.26. The summed E-state index contributed by atoms with van der Waals surface area (Å²) in [6.07, 6.45) is 4.16. The maximum absolute atomic E-state index is 11.7. The van der Waals surface area contributed by atoms with Gasteiger partial charge in [-0.25, -0.2) is 14.8 Å². The lowest BCUT2D eigenvalue weighted by Gasteiger charge is -2.25. The van der Waals surface area contributed by atoms with E-state index in [4.69, 9.17) is 0 Å². The molecule has 1 fully saturated rings. The lowest BCUT2D eigenvalue weighted by Crippen LogP contribution is -2.49. The molecule has 0 spiro atoms. The molecule has 21 heavy (non-hydrogen) atoms. The van der Waals surface area contributed by atoms with Crippen LogP contribution in [0.2, 0.25) is 0 Å². The van der Waals surface area contributed by atoms with Crippen molar-refractivity contribution in [2.75, 3.05) is 11.4 Å². The molecule has 2 aromatic rings. The fourth-order valence-corrected chi connectivity index (χ4v) is 2.17. The summed E-state index contributed by atoms with van der Waals surface area (Å²) in [6.45, 7) is 0.353. The lowest BCUT2D eigenvalue weighted by molar-refractivity contribution is -0.120. The number of benzene rings is 1. The van der Waals surface area contributed by atoms with Crippen LogP contribution in [0.15, 0.2) is 42.7 Å². The maximum Gasteiger partial charge on any atom is 0.328 e. The molecule has 0 saturated carbocycles. The van der Waals surface area contributed by atoms with Gasteiger partial charge in [0.05, 0.1) is 18.1 Å². The summed E-state index contributed by atoms with van der Waals surface area (Å²) < 4.78 is 0. The normalized spacial score (nSPS) is 15.0. The Bertz CT molecular complexity index is 655. The van der Waals surface area contributed by atoms with Crippen molar-refractivity contribution in [3.63, 3.8) is 0 Å². The summed E-state index contributed by atoms with van der Waals surface area (Å²) in [6, 6.07) is 9.51. The van der Waals surface area contributed by atoms with Crippen LogP contribution >= 0.6 is 0 Å². The molecule has 0 unspecified atom stereocenters. The summed E-state index contributed by atoms with van der Waals surface area (Å²) in [5.74, 6) is 0.441. The van der Waals surface area contributed by atoms with Crippen LogP contribution < -0.4 is 10.2 Å². The highest BCUT2D eigenvalue weighted by molar-refractivity contribution is 6.05. The van der Waals surface area contributed by atoms with Gasteiger partial charge in [0.15, 0.2) is 0 Å². The van der Waals surface area contributed by atoms with Crippen LogP contribution in [0.4, 0.5) is 10.5 Å². The zero-order chi connectivity index (χ0) is 14.7. The van der Waals surface area contributed by atoms with Gasteiger partial charge in [-0.15, -0.1) is 0 Å². The molecule has 1 aliphatic rings. The van der Waals surface area contributed by atoms with Crippen molar-refractivity contribution in [3.05, 3.63) is 54.1 Å². The molecule has 0 atom stereocenters. The number of carbonyl (C=O) groups excluding carboxylic acids is 2. The van der Waals surface area contributed by atoms with E-state index >= 15 is 0 Å². The van der Waals surface area contributed by atoms with Gasteiger partial charge in [-0.05, 0) is 5.56 Å². The maximum atomic E-state index is 11.7. The van der Waals surface area contributed by atoms with Gasteiger partial charge in [0.25, 0.3) is 0 Å². The van der Waals surface area contributed by atoms with Gasteiger partial charge >= 0.3 is 6.03 Å². The minimum absolute atomic E-state index is 0.252. The zero-order valence-corrected chi connectivity index (χ0v) is 11.3. The summed E-state index contributed by atoms with van der Waals surface area (Å²) in [4.78, 5) is 32.9. The van der Waals surface area contributed by atoms with E-state index in [1.54, 1.807) is 12.4 Å². The van der Waals surface area contributed by atoms with Gasteiger partial charge in [0, 0.05) is 19.4 Å². The van der Waals surface area contributed by atoms with Crippen molar-refractivity contribution in [1.82, 2.24) is 15.3 Å². The number of carbonyl (C=O) groups is 2. The predicted octanol–water partition coefficient (Wildman–Crippen LogP) is 1.51. The van der Waals surface area contributed by atoms with Crippen molar-refractivity contribution < 1.29 is 9.59 Å². The molecule has 1 N–H and O–H groups in total. The van der Waals surface area contributed by atoms with E-state index in [0.717, 1.165) is 5.56 Å². The predicted molar refractivity (Wildman–Crippen MR) is 76.8 cm³/mol. The minimum atomic E-state index is -0.425. The second kappa shape index (κ2) is 5.70. The molecule has 3 amide bonds. The highest BCUT2D eigenvalue weighted by Gasteiger charge is 2.24. The highest BCUT2D eigenvalue weighted by Crippen LogP contribution is 2.15. The molecular formula is C15H14N4O2. The number of aromatic nitrogens is 2. The minimum Gasteiger partial charge on any atom is -0.291 e. The van der Waals surface area contributed by atoms with Gasteiger partial charge in [0.2, 0.25) is 5.91 Å². The molecule has 106 valence electrons. The van der Waals surface area contributed by atoms with Gasteiger partial charge in [-0.1, -0.05) is 30.3 Å². The fourth-order valence-electron chi connectivity index (χ4n) is 2.17. The molecule has 3 rings (SSSR count). The molecule has 0 radical (unpaired) electrons. The molecule has 6 heteroatoms. The number of rotatable bonds is 3. The van der Waals surface area contributed by atoms with E-state index in [-0.39, 0.29) is 12.3 Å². The van der Waals surface area contributed by atoms with Crippen LogP contribution in [0.3, 0.4) is 0 Å². The fraction of sp³-hybridized carbons (Fsp3) is 0.200. The number of imide groups is 1. The van der Waals surface area contributed by atoms with Gasteiger partial charge < -0.3 is 0 Å². The largest absolute Gasteiger partial charge is 0.328 e. The van der Waals surface area contributed by atoms with E-state index < -0.39 is 6.03 Å². The van der Waals surface area contributed by atoms with E-state index in [0.29, 0.717) is 24.5 Å². The molecule has 6 nitrogen and oxygen atoms in total. The standard InChI is InChI=1S/C15H14N4O2/c20-14-6-7-19(15(21)18-14)12-9-16-13(17-10-12)8-11-4-2-1-3-5-11/h1-5,9-10H,6-8H2,(H,18,20,21). The number of nitrogens with zero attached hydrogens (tertiary/aromatic N) is 3. The Morgan fingerprint density at radius 2 is 1.81 bits per heavy atom. The van der Waals surface area contributed by atoms with Crippen LogP contribution in [0.1, 0.15) is 17.8 Å². The number of nitrogens with one attached hydrogen (secondary N) is 1. The van der Waals surface area contributed by atoms with Gasteiger partial charge in [0.1, 0.15) is 5.82 Å². The van der Waals surface area contributed by atoms with Crippen molar-refractivity contribution >= 4 is 17.6 Å². The number of anilines is 1. The smallest absolute Gasteiger partial charge is 0.291 e. The topological polar surface area (TPSA) is 75.2 Å². The Morgan fingerprint density at radius 3 is 2.48 bits per heavy atom. The third kappa shape index (κ3) is 3.05. The SMILES string of the molecule is O=C1CCN(c2cnc(Cc3ccccc3)nc2)C(=O)N1. The number of urea groups is 1. The summed E-state index contributed by atoms with van der Waals surface area (Å²) in [5, 5.41) is 2.27. The van der Waals surface area contributed by atoms with Crippen LogP contribution in [0.25, 0.3) is 0 Å². The summed E-state index contributed by atoms with van der Waals surface area (Å²) in [7, 11) is 0. The average Bonchev–Trinajstić information content (AvgIpc) is 2.49. The molecule has 0 bridgehead atoms. The molecule has 2 heterocycles. The second-order valence-electron chi connectivity index (χ2n) is 4.77. The first-order valence-electron chi connectivity index (χ1n) is 6.68. The molecule has 1 aromatic heterocycles. The van der Waals surface area contributed by atoms with Crippen LogP contribution in [0.5, 0.6) is 0 Å². The number of hydrogen-bond donors (Lipinski definition) is 1. The van der Waals surface area contributed by atoms with Crippen molar-refractivity contribution in [1.29, 1.82) is 0 Å². The first-order chi connectivity index (χ1) is 10.2. The molecule has 1 aliphatic heterocycles. The number of amides is 3. The first-order valence-corrected chi connectivity index (χ1v) is 6.68. The zero-order valence-electron chi connectivity index (χ0n) is 11.3. The average molecular weight is 282 g/mol. The molecular weight excluding hydrogens is 268 g/mol. The Kier molecular flexibility index (Phi) is 3.59. The van der Waals surface area contributed by atoms with Gasteiger partial charge in [-0.3, -0.25) is 15.0 Å². The van der Waals surface area contributed by atoms with Crippen molar-refractivity contribution in [3.8, 4) is 0 Å². The lowest BCUT2D eigenvalue weighted by atomic mass is 10.1. The van der Waals surface area contributed by atoms with Crippen LogP contribution in [-0.2, 0) is 11.2 Å². The summed E-state index contributed by atoms with van der Waals surface area (Å²) >= 11 is 0. The monoisotopic (exact) mass is 282 g/mol. The van der Waals surface area contributed by atoms with E-state index in [1.807, 2.05) is 30.3 Å². The highest BCUT2D eigenvalue weighted by atomic mass is 16.2. The van der Waals surface area contributed by atoms with Gasteiger partial charge in [-0.2, -0.15) is 0 Å². The van der Waals surface area contributed by atoms with E-state index in [9.17, 15) is 9.59 Å².